The highest BCUT2D eigenvalue weighted by Crippen LogP contribution is 2.33. The van der Waals surface area contributed by atoms with Crippen LogP contribution in [0.1, 0.15) is 18.4 Å². The average molecular weight is 393 g/mol. The highest BCUT2D eigenvalue weighted by molar-refractivity contribution is 6.01. The largest absolute Gasteiger partial charge is 0.497 e. The third kappa shape index (κ3) is 4.71. The minimum absolute atomic E-state index is 0.0509. The van der Waals surface area contributed by atoms with Gasteiger partial charge in [0, 0.05) is 19.2 Å². The molecule has 1 amide bonds. The maximum absolute atomic E-state index is 12.4. The molecule has 8 heteroatoms. The lowest BCUT2D eigenvalue weighted by molar-refractivity contribution is -0.385. The van der Waals surface area contributed by atoms with Crippen LogP contribution < -0.4 is 9.47 Å². The summed E-state index contributed by atoms with van der Waals surface area (Å²) in [6, 6.07) is 12.8. The summed E-state index contributed by atoms with van der Waals surface area (Å²) in [5, 5.41) is 20.9. The Hall–Kier alpha value is -3.86. The fourth-order valence-electron chi connectivity index (χ4n) is 3.02. The van der Waals surface area contributed by atoms with Gasteiger partial charge in [-0.15, -0.1) is 0 Å². The normalized spacial score (nSPS) is 13.7. The molecule has 0 unspecified atom stereocenters. The van der Waals surface area contributed by atoms with Crippen molar-refractivity contribution in [2.24, 2.45) is 0 Å². The number of methoxy groups -OCH3 is 1. The van der Waals surface area contributed by atoms with Crippen LogP contribution in [-0.2, 0) is 4.79 Å². The number of nitro benzene ring substituents is 1. The molecule has 0 saturated carbocycles. The number of nitro groups is 1. The van der Waals surface area contributed by atoms with Crippen molar-refractivity contribution >= 4 is 17.7 Å². The van der Waals surface area contributed by atoms with Crippen molar-refractivity contribution in [1.82, 2.24) is 4.90 Å². The molecule has 148 valence electrons. The molecule has 2 aromatic rings. The molecule has 29 heavy (non-hydrogen) atoms. The molecular weight excluding hydrogens is 374 g/mol. The number of nitrogens with zero attached hydrogens (tertiary/aromatic N) is 3. The summed E-state index contributed by atoms with van der Waals surface area (Å²) in [5.74, 6) is 0.756. The van der Waals surface area contributed by atoms with Crippen LogP contribution in [0.5, 0.6) is 17.2 Å². The molecule has 8 nitrogen and oxygen atoms in total. The molecule has 2 aromatic carbocycles. The molecule has 1 saturated heterocycles. The van der Waals surface area contributed by atoms with Crippen LogP contribution in [0.4, 0.5) is 5.69 Å². The molecule has 1 heterocycles. The van der Waals surface area contributed by atoms with Gasteiger partial charge in [0.05, 0.1) is 12.0 Å². The lowest BCUT2D eigenvalue weighted by Gasteiger charge is -2.14. The molecule has 0 atom stereocenters. The van der Waals surface area contributed by atoms with Gasteiger partial charge in [-0.05, 0) is 54.8 Å². The Kier molecular flexibility index (Phi) is 6.09. The second-order valence-electron chi connectivity index (χ2n) is 6.43. The van der Waals surface area contributed by atoms with Crippen molar-refractivity contribution in [1.29, 1.82) is 5.26 Å². The first-order valence-electron chi connectivity index (χ1n) is 9.03. The fraction of sp³-hybridized carbons (Fsp3) is 0.238. The number of nitriles is 1. The second kappa shape index (κ2) is 8.89. The summed E-state index contributed by atoms with van der Waals surface area (Å²) in [6.45, 7) is 1.24. The Morgan fingerprint density at radius 3 is 2.41 bits per heavy atom. The van der Waals surface area contributed by atoms with E-state index in [1.165, 1.54) is 25.3 Å². The molecule has 1 fully saturated rings. The van der Waals surface area contributed by atoms with Crippen LogP contribution in [0, 0.1) is 21.4 Å². The number of ether oxygens (including phenoxy) is 2. The van der Waals surface area contributed by atoms with Crippen molar-refractivity contribution in [3.63, 3.8) is 0 Å². The number of hydrogen-bond donors (Lipinski definition) is 0. The molecule has 0 aromatic heterocycles. The first-order chi connectivity index (χ1) is 14.0. The highest BCUT2D eigenvalue weighted by atomic mass is 16.6. The number of rotatable bonds is 6. The molecule has 3 rings (SSSR count). The molecule has 0 N–H and O–H groups in total. The van der Waals surface area contributed by atoms with Crippen LogP contribution in [-0.4, -0.2) is 35.9 Å². The summed E-state index contributed by atoms with van der Waals surface area (Å²) < 4.78 is 10.7. The summed E-state index contributed by atoms with van der Waals surface area (Å²) in [5.41, 5.74) is 0.0633. The molecule has 0 aliphatic carbocycles. The zero-order chi connectivity index (χ0) is 20.8. The van der Waals surface area contributed by atoms with Gasteiger partial charge in [0.1, 0.15) is 23.1 Å². The van der Waals surface area contributed by atoms with E-state index in [0.717, 1.165) is 12.8 Å². The van der Waals surface area contributed by atoms with E-state index in [1.807, 2.05) is 6.07 Å². The van der Waals surface area contributed by atoms with Gasteiger partial charge in [-0.3, -0.25) is 14.9 Å². The zero-order valence-corrected chi connectivity index (χ0v) is 15.8. The number of hydrogen-bond acceptors (Lipinski definition) is 6. The standard InChI is InChI=1S/C21H19N3O5/c1-28-17-5-7-18(8-6-17)29-20-9-4-15(13-19(20)24(26)27)12-16(14-22)21(25)23-10-2-3-11-23/h4-9,12-13H,2-3,10-11H2,1H3. The minimum atomic E-state index is -0.565. The number of benzene rings is 2. The zero-order valence-electron chi connectivity index (χ0n) is 15.8. The SMILES string of the molecule is COc1ccc(Oc2ccc(C=C(C#N)C(=O)N3CCCC3)cc2[N+](=O)[O-])cc1. The van der Waals surface area contributed by atoms with Crippen molar-refractivity contribution in [2.45, 2.75) is 12.8 Å². The van der Waals surface area contributed by atoms with Gasteiger partial charge in [0.2, 0.25) is 5.75 Å². The molecule has 1 aliphatic heterocycles. The van der Waals surface area contributed by atoms with Crippen molar-refractivity contribution in [2.75, 3.05) is 20.2 Å². The van der Waals surface area contributed by atoms with Gasteiger partial charge in [0.25, 0.3) is 5.91 Å². The Morgan fingerprint density at radius 2 is 1.83 bits per heavy atom. The highest BCUT2D eigenvalue weighted by Gasteiger charge is 2.22. The van der Waals surface area contributed by atoms with E-state index in [-0.39, 0.29) is 22.9 Å². The van der Waals surface area contributed by atoms with Crippen molar-refractivity contribution in [3.8, 4) is 23.3 Å². The summed E-state index contributed by atoms with van der Waals surface area (Å²) in [6.07, 6.45) is 3.19. The van der Waals surface area contributed by atoms with E-state index < -0.39 is 4.92 Å². The first kappa shape index (κ1) is 19.9. The van der Waals surface area contributed by atoms with E-state index >= 15 is 0 Å². The summed E-state index contributed by atoms with van der Waals surface area (Å²) >= 11 is 0. The topological polar surface area (TPSA) is 106 Å². The monoisotopic (exact) mass is 393 g/mol. The number of carbonyl (C=O) groups excluding carboxylic acids is 1. The van der Waals surface area contributed by atoms with Gasteiger partial charge in [-0.1, -0.05) is 6.07 Å². The molecular formula is C21H19N3O5. The third-order valence-corrected chi connectivity index (χ3v) is 4.52. The predicted octanol–water partition coefficient (Wildman–Crippen LogP) is 3.93. The quantitative estimate of drug-likeness (QED) is 0.319. The summed E-state index contributed by atoms with van der Waals surface area (Å²) in [7, 11) is 1.54. The average Bonchev–Trinajstić information content (AvgIpc) is 3.27. The number of amides is 1. The molecule has 0 bridgehead atoms. The molecule has 1 aliphatic rings. The lowest BCUT2D eigenvalue weighted by atomic mass is 10.1. The Morgan fingerprint density at radius 1 is 1.17 bits per heavy atom. The molecule has 0 spiro atoms. The maximum Gasteiger partial charge on any atom is 0.312 e. The lowest BCUT2D eigenvalue weighted by Crippen LogP contribution is -2.28. The Bertz CT molecular complexity index is 986. The van der Waals surface area contributed by atoms with E-state index in [9.17, 15) is 20.2 Å². The van der Waals surface area contributed by atoms with E-state index in [4.69, 9.17) is 9.47 Å². The van der Waals surface area contributed by atoms with Gasteiger partial charge in [-0.2, -0.15) is 5.26 Å². The van der Waals surface area contributed by atoms with E-state index in [0.29, 0.717) is 30.2 Å². The second-order valence-corrected chi connectivity index (χ2v) is 6.43. The van der Waals surface area contributed by atoms with Crippen LogP contribution in [0.3, 0.4) is 0 Å². The first-order valence-corrected chi connectivity index (χ1v) is 9.03. The maximum atomic E-state index is 12.4. The smallest absolute Gasteiger partial charge is 0.312 e. The van der Waals surface area contributed by atoms with Crippen LogP contribution in [0.15, 0.2) is 48.0 Å². The van der Waals surface area contributed by atoms with Gasteiger partial charge >= 0.3 is 5.69 Å². The van der Waals surface area contributed by atoms with Gasteiger partial charge < -0.3 is 14.4 Å². The van der Waals surface area contributed by atoms with Gasteiger partial charge in [-0.25, -0.2) is 0 Å². The third-order valence-electron chi connectivity index (χ3n) is 4.52. The van der Waals surface area contributed by atoms with Crippen LogP contribution in [0.2, 0.25) is 0 Å². The van der Waals surface area contributed by atoms with E-state index in [1.54, 1.807) is 35.2 Å². The predicted molar refractivity (Wildman–Crippen MR) is 106 cm³/mol. The molecule has 0 radical (unpaired) electrons. The van der Waals surface area contributed by atoms with Crippen LogP contribution in [0.25, 0.3) is 6.08 Å². The van der Waals surface area contributed by atoms with Crippen LogP contribution >= 0.6 is 0 Å². The number of carbonyl (C=O) groups is 1. The fourth-order valence-corrected chi connectivity index (χ4v) is 3.02. The van der Waals surface area contributed by atoms with Crippen molar-refractivity contribution in [3.05, 3.63) is 63.7 Å². The Labute approximate surface area is 167 Å². The Balaban J connectivity index is 1.87. The summed E-state index contributed by atoms with van der Waals surface area (Å²) in [4.78, 5) is 25.0. The number of likely N-dealkylation sites (tertiary alicyclic amines) is 1. The van der Waals surface area contributed by atoms with Gasteiger partial charge in [0.15, 0.2) is 0 Å². The van der Waals surface area contributed by atoms with Crippen molar-refractivity contribution < 1.29 is 19.2 Å². The van der Waals surface area contributed by atoms with E-state index in [2.05, 4.69) is 0 Å². The minimum Gasteiger partial charge on any atom is -0.497 e.